The maximum Gasteiger partial charge on any atom is 0.416 e. The van der Waals surface area contributed by atoms with Crippen LogP contribution in [-0.4, -0.2) is 25.2 Å². The Morgan fingerprint density at radius 1 is 1.17 bits per heavy atom. The van der Waals surface area contributed by atoms with E-state index in [-0.39, 0.29) is 12.4 Å². The largest absolute Gasteiger partial charge is 0.496 e. The highest BCUT2D eigenvalue weighted by atomic mass is 19.4. The van der Waals surface area contributed by atoms with Crippen LogP contribution in [0.5, 0.6) is 11.6 Å². The molecule has 2 aliphatic rings. The van der Waals surface area contributed by atoms with Crippen molar-refractivity contribution in [3.63, 3.8) is 0 Å². The van der Waals surface area contributed by atoms with Gasteiger partial charge in [-0.3, -0.25) is 0 Å². The number of allylic oxidation sites excluding steroid dienone is 2. The van der Waals surface area contributed by atoms with Gasteiger partial charge in [0, 0.05) is 24.7 Å². The van der Waals surface area contributed by atoms with Crippen molar-refractivity contribution in [2.24, 2.45) is 5.41 Å². The number of pyridine rings is 1. The van der Waals surface area contributed by atoms with Gasteiger partial charge in [0.25, 0.3) is 0 Å². The second kappa shape index (κ2) is 7.71. The second-order valence-corrected chi connectivity index (χ2v) is 7.71. The summed E-state index contributed by atoms with van der Waals surface area (Å²) in [6, 6.07) is 9.00. The van der Waals surface area contributed by atoms with E-state index in [1.54, 1.807) is 6.07 Å². The zero-order valence-corrected chi connectivity index (χ0v) is 16.2. The molecule has 0 amide bonds. The van der Waals surface area contributed by atoms with E-state index in [4.69, 9.17) is 9.47 Å². The summed E-state index contributed by atoms with van der Waals surface area (Å²) in [4.78, 5) is 4.59. The molecule has 4 nitrogen and oxygen atoms in total. The number of benzene rings is 1. The third-order valence-electron chi connectivity index (χ3n) is 5.75. The van der Waals surface area contributed by atoms with Crippen LogP contribution >= 0.6 is 0 Å². The fourth-order valence-electron chi connectivity index (χ4n) is 3.84. The Kier molecular flexibility index (Phi) is 5.25. The second-order valence-electron chi connectivity index (χ2n) is 7.71. The van der Waals surface area contributed by atoms with Gasteiger partial charge in [0.1, 0.15) is 12.4 Å². The quantitative estimate of drug-likeness (QED) is 0.774. The molecule has 29 heavy (non-hydrogen) atoms. The van der Waals surface area contributed by atoms with Gasteiger partial charge in [-0.05, 0) is 48.4 Å². The Labute approximate surface area is 167 Å². The SMILES string of the molecule is COc1cc(C(F)(F)F)ccc1COc1cccc(C2=CCC3(CC2)CNC3)n1. The van der Waals surface area contributed by atoms with Gasteiger partial charge < -0.3 is 14.8 Å². The average Bonchev–Trinajstić information content (AvgIpc) is 2.70. The Morgan fingerprint density at radius 3 is 2.62 bits per heavy atom. The van der Waals surface area contributed by atoms with Crippen LogP contribution in [0.15, 0.2) is 42.5 Å². The topological polar surface area (TPSA) is 43.4 Å². The van der Waals surface area contributed by atoms with Crippen LogP contribution in [0.25, 0.3) is 5.57 Å². The van der Waals surface area contributed by atoms with E-state index in [9.17, 15) is 13.2 Å². The molecule has 1 fully saturated rings. The zero-order chi connectivity index (χ0) is 20.5. The Hall–Kier alpha value is -2.54. The van der Waals surface area contributed by atoms with E-state index in [2.05, 4.69) is 16.4 Å². The lowest BCUT2D eigenvalue weighted by Crippen LogP contribution is -2.53. The van der Waals surface area contributed by atoms with Gasteiger partial charge in [0.2, 0.25) is 5.88 Å². The fraction of sp³-hybridized carbons (Fsp3) is 0.409. The third kappa shape index (κ3) is 4.24. The van der Waals surface area contributed by atoms with Crippen LogP contribution in [0.1, 0.15) is 36.1 Å². The molecule has 4 rings (SSSR count). The maximum atomic E-state index is 12.9. The summed E-state index contributed by atoms with van der Waals surface area (Å²) >= 11 is 0. The van der Waals surface area contributed by atoms with Crippen molar-refractivity contribution in [2.75, 3.05) is 20.2 Å². The minimum atomic E-state index is -4.41. The molecule has 1 saturated heterocycles. The summed E-state index contributed by atoms with van der Waals surface area (Å²) < 4.78 is 49.5. The highest BCUT2D eigenvalue weighted by molar-refractivity contribution is 5.64. The van der Waals surface area contributed by atoms with E-state index in [0.29, 0.717) is 16.9 Å². The fourth-order valence-corrected chi connectivity index (χ4v) is 3.84. The molecule has 2 aromatic rings. The summed E-state index contributed by atoms with van der Waals surface area (Å²) in [7, 11) is 1.35. The van der Waals surface area contributed by atoms with E-state index < -0.39 is 11.7 Å². The molecule has 0 radical (unpaired) electrons. The molecular formula is C22H23F3N2O2. The van der Waals surface area contributed by atoms with Crippen molar-refractivity contribution in [2.45, 2.75) is 32.0 Å². The molecule has 7 heteroatoms. The first kappa shape index (κ1) is 19.8. The molecule has 0 unspecified atom stereocenters. The number of nitrogens with zero attached hydrogens (tertiary/aromatic N) is 1. The summed E-state index contributed by atoms with van der Waals surface area (Å²) in [5, 5.41) is 3.35. The lowest BCUT2D eigenvalue weighted by atomic mass is 9.70. The van der Waals surface area contributed by atoms with Gasteiger partial charge in [-0.15, -0.1) is 0 Å². The molecular weight excluding hydrogens is 381 g/mol. The zero-order valence-electron chi connectivity index (χ0n) is 16.2. The highest BCUT2D eigenvalue weighted by Crippen LogP contribution is 2.41. The predicted octanol–water partition coefficient (Wildman–Crippen LogP) is 4.84. The predicted molar refractivity (Wildman–Crippen MR) is 104 cm³/mol. The molecule has 0 bridgehead atoms. The van der Waals surface area contributed by atoms with E-state index >= 15 is 0 Å². The summed E-state index contributed by atoms with van der Waals surface area (Å²) in [6.45, 7) is 2.25. The standard InChI is InChI=1S/C22H23F3N2O2/c1-28-19-11-17(22(23,24)25)6-5-16(19)12-29-20-4-2-3-18(27-20)15-7-9-21(10-8-15)13-26-14-21/h2-7,11,26H,8-10,12-14H2,1H3. The van der Waals surface area contributed by atoms with Crippen molar-refractivity contribution >= 4 is 5.57 Å². The minimum Gasteiger partial charge on any atom is -0.496 e. The van der Waals surface area contributed by atoms with Crippen molar-refractivity contribution < 1.29 is 22.6 Å². The molecule has 1 aromatic carbocycles. The maximum absolute atomic E-state index is 12.9. The molecule has 154 valence electrons. The van der Waals surface area contributed by atoms with Crippen LogP contribution < -0.4 is 14.8 Å². The van der Waals surface area contributed by atoms with Crippen LogP contribution in [0.4, 0.5) is 13.2 Å². The van der Waals surface area contributed by atoms with Crippen LogP contribution in [0, 0.1) is 5.41 Å². The Morgan fingerprint density at radius 2 is 2.00 bits per heavy atom. The average molecular weight is 404 g/mol. The van der Waals surface area contributed by atoms with E-state index in [1.165, 1.54) is 18.7 Å². The summed E-state index contributed by atoms with van der Waals surface area (Å²) in [6.07, 6.45) is 1.07. The first-order valence-corrected chi connectivity index (χ1v) is 9.63. The van der Waals surface area contributed by atoms with Crippen molar-refractivity contribution in [3.8, 4) is 11.6 Å². The van der Waals surface area contributed by atoms with Crippen LogP contribution in [-0.2, 0) is 12.8 Å². The van der Waals surface area contributed by atoms with Gasteiger partial charge in [-0.2, -0.15) is 13.2 Å². The number of ether oxygens (including phenoxy) is 2. The lowest BCUT2D eigenvalue weighted by Gasteiger charge is -2.44. The normalized spacial score (nSPS) is 18.1. The number of hydrogen-bond donors (Lipinski definition) is 1. The van der Waals surface area contributed by atoms with Crippen molar-refractivity contribution in [3.05, 3.63) is 59.3 Å². The van der Waals surface area contributed by atoms with Gasteiger partial charge >= 0.3 is 6.18 Å². The molecule has 1 spiro atoms. The van der Waals surface area contributed by atoms with Gasteiger partial charge in [0.05, 0.1) is 18.4 Å². The van der Waals surface area contributed by atoms with Gasteiger partial charge in [-0.1, -0.05) is 18.2 Å². The molecule has 1 N–H and O–H groups in total. The van der Waals surface area contributed by atoms with Crippen LogP contribution in [0.3, 0.4) is 0 Å². The highest BCUT2D eigenvalue weighted by Gasteiger charge is 2.37. The number of rotatable bonds is 5. The number of aromatic nitrogens is 1. The van der Waals surface area contributed by atoms with Crippen molar-refractivity contribution in [1.29, 1.82) is 0 Å². The summed E-state index contributed by atoms with van der Waals surface area (Å²) in [5.41, 5.74) is 2.33. The number of hydrogen-bond acceptors (Lipinski definition) is 4. The molecule has 1 aliphatic carbocycles. The Bertz CT molecular complexity index is 921. The number of nitrogens with one attached hydrogen (secondary N) is 1. The number of halogens is 3. The van der Waals surface area contributed by atoms with Crippen LogP contribution in [0.2, 0.25) is 0 Å². The van der Waals surface area contributed by atoms with Gasteiger partial charge in [-0.25, -0.2) is 4.98 Å². The van der Waals surface area contributed by atoms with E-state index in [1.807, 2.05) is 12.1 Å². The monoisotopic (exact) mass is 404 g/mol. The number of methoxy groups -OCH3 is 1. The molecule has 1 aromatic heterocycles. The molecule has 1 aliphatic heterocycles. The number of alkyl halides is 3. The van der Waals surface area contributed by atoms with Crippen molar-refractivity contribution in [1.82, 2.24) is 10.3 Å². The molecule has 0 saturated carbocycles. The third-order valence-corrected chi connectivity index (χ3v) is 5.75. The van der Waals surface area contributed by atoms with Gasteiger partial charge in [0.15, 0.2) is 0 Å². The smallest absolute Gasteiger partial charge is 0.416 e. The molecule has 2 heterocycles. The Balaban J connectivity index is 1.45. The first-order chi connectivity index (χ1) is 13.9. The minimum absolute atomic E-state index is 0.0750. The lowest BCUT2D eigenvalue weighted by molar-refractivity contribution is -0.137. The van der Waals surface area contributed by atoms with E-state index in [0.717, 1.165) is 50.2 Å². The summed E-state index contributed by atoms with van der Waals surface area (Å²) in [5.74, 6) is 0.585. The first-order valence-electron chi connectivity index (χ1n) is 9.63. The molecule has 0 atom stereocenters.